The van der Waals surface area contributed by atoms with Crippen LogP contribution in [0.1, 0.15) is 10.4 Å². The number of carboxylic acids is 1. The smallest absolute Gasteiger partial charge is 0.342 e. The molecule has 1 rings (SSSR count). The number of hydrogen-bond acceptors (Lipinski definition) is 2. The lowest BCUT2D eigenvalue weighted by Crippen LogP contribution is -2.03. The maximum absolute atomic E-state index is 10.4. The highest BCUT2D eigenvalue weighted by molar-refractivity contribution is 5.92. The summed E-state index contributed by atoms with van der Waals surface area (Å²) in [7, 11) is 0. The van der Waals surface area contributed by atoms with Gasteiger partial charge in [0, 0.05) is 6.07 Å². The summed E-state index contributed by atoms with van der Waals surface area (Å²) in [6.45, 7) is 0. The summed E-state index contributed by atoms with van der Waals surface area (Å²) in [5.74, 6) is -1.25. The van der Waals surface area contributed by atoms with Crippen molar-refractivity contribution in [2.45, 2.75) is 0 Å². The predicted octanol–water partition coefficient (Wildman–Crippen LogP) is 1.18. The van der Waals surface area contributed by atoms with Gasteiger partial charge in [0.05, 0.1) is 4.91 Å². The van der Waals surface area contributed by atoms with Crippen LogP contribution in [0.5, 0.6) is 0 Å². The summed E-state index contributed by atoms with van der Waals surface area (Å²) in [6, 6.07) is 5.38. The van der Waals surface area contributed by atoms with Crippen LogP contribution in [-0.2, 0) is 0 Å². The van der Waals surface area contributed by atoms with E-state index in [2.05, 4.69) is 0 Å². The molecule has 0 saturated heterocycles. The Bertz CT molecular complexity index is 301. The van der Waals surface area contributed by atoms with Crippen LogP contribution in [0, 0.1) is 4.91 Å². The number of benzene rings is 1. The first kappa shape index (κ1) is 8.19. The Morgan fingerprint density at radius 3 is 2.33 bits per heavy atom. The molecule has 2 N–H and O–H groups in total. The first-order valence-corrected chi connectivity index (χ1v) is 3.11. The maximum atomic E-state index is 10.4. The Morgan fingerprint density at radius 1 is 1.33 bits per heavy atom. The molecule has 0 spiro atoms. The zero-order valence-electron chi connectivity index (χ0n) is 5.97. The van der Waals surface area contributed by atoms with Crippen LogP contribution in [-0.4, -0.2) is 21.2 Å². The predicted molar refractivity (Wildman–Crippen MR) is 38.5 cm³/mol. The number of rotatable bonds is 2. The van der Waals surface area contributed by atoms with Gasteiger partial charge in [-0.05, 0) is 6.07 Å². The van der Waals surface area contributed by atoms with E-state index in [-0.39, 0.29) is 11.3 Å². The fourth-order valence-corrected chi connectivity index (χ4v) is 0.821. The molecule has 0 aliphatic rings. The van der Waals surface area contributed by atoms with Crippen molar-refractivity contribution in [3.8, 4) is 0 Å². The third-order valence-corrected chi connectivity index (χ3v) is 1.34. The van der Waals surface area contributed by atoms with Gasteiger partial charge in [0.25, 0.3) is 4.92 Å². The van der Waals surface area contributed by atoms with Crippen LogP contribution in [0.15, 0.2) is 24.3 Å². The molecule has 62 valence electrons. The number of para-hydroxylation sites is 1. The van der Waals surface area contributed by atoms with Crippen LogP contribution in [0.4, 0.5) is 5.69 Å². The molecule has 0 unspecified atom stereocenters. The first-order valence-electron chi connectivity index (χ1n) is 3.11. The minimum Gasteiger partial charge on any atom is -0.477 e. The van der Waals surface area contributed by atoms with E-state index in [9.17, 15) is 9.70 Å². The van der Waals surface area contributed by atoms with Crippen molar-refractivity contribution < 1.29 is 20.0 Å². The average Bonchev–Trinajstić information content (AvgIpc) is 2.04. The van der Waals surface area contributed by atoms with Gasteiger partial charge in [0.15, 0.2) is 0 Å². The van der Waals surface area contributed by atoms with Gasteiger partial charge in [-0.1, -0.05) is 12.1 Å². The molecule has 0 fully saturated rings. The fourth-order valence-electron chi connectivity index (χ4n) is 0.821. The van der Waals surface area contributed by atoms with Crippen LogP contribution in [0.2, 0.25) is 0 Å². The molecule has 12 heavy (non-hydrogen) atoms. The summed E-state index contributed by atoms with van der Waals surface area (Å²) in [6.07, 6.45) is 0. The molecule has 0 saturated carbocycles. The SMILES string of the molecule is O=C(O)c1ccccc1[N+](=O)O. The van der Waals surface area contributed by atoms with E-state index in [1.807, 2.05) is 0 Å². The number of carbonyl (C=O) groups is 1. The van der Waals surface area contributed by atoms with Gasteiger partial charge in [-0.25, -0.2) is 10.0 Å². The second kappa shape index (κ2) is 3.00. The normalized spacial score (nSPS) is 9.33. The van der Waals surface area contributed by atoms with Crippen molar-refractivity contribution in [3.63, 3.8) is 0 Å². The van der Waals surface area contributed by atoms with Gasteiger partial charge < -0.3 is 5.11 Å². The molecule has 5 nitrogen and oxygen atoms in total. The van der Waals surface area contributed by atoms with E-state index in [1.54, 1.807) is 0 Å². The van der Waals surface area contributed by atoms with Crippen molar-refractivity contribution in [1.29, 1.82) is 0 Å². The van der Waals surface area contributed by atoms with Crippen molar-refractivity contribution in [2.75, 3.05) is 0 Å². The van der Waals surface area contributed by atoms with Gasteiger partial charge >= 0.3 is 11.7 Å². The van der Waals surface area contributed by atoms with Crippen molar-refractivity contribution in [3.05, 3.63) is 34.7 Å². The lowest BCUT2D eigenvalue weighted by molar-refractivity contribution is -0.729. The van der Waals surface area contributed by atoms with Crippen molar-refractivity contribution in [1.82, 2.24) is 0 Å². The van der Waals surface area contributed by atoms with Gasteiger partial charge in [-0.15, -0.1) is 0 Å². The summed E-state index contributed by atoms with van der Waals surface area (Å²) >= 11 is 0. The molecule has 1 aromatic rings. The van der Waals surface area contributed by atoms with E-state index in [4.69, 9.17) is 10.3 Å². The first-order chi connectivity index (χ1) is 5.63. The Labute approximate surface area is 67.4 Å². The molecular weight excluding hydrogens is 162 g/mol. The monoisotopic (exact) mass is 168 g/mol. The molecular formula is C7H6NO4+. The van der Waals surface area contributed by atoms with E-state index < -0.39 is 10.9 Å². The third-order valence-electron chi connectivity index (χ3n) is 1.34. The second-order valence-electron chi connectivity index (χ2n) is 2.10. The van der Waals surface area contributed by atoms with Crippen LogP contribution >= 0.6 is 0 Å². The molecule has 0 amide bonds. The van der Waals surface area contributed by atoms with Crippen LogP contribution in [0.25, 0.3) is 0 Å². The number of hydrogen-bond donors (Lipinski definition) is 2. The van der Waals surface area contributed by atoms with E-state index in [1.165, 1.54) is 24.3 Å². The summed E-state index contributed by atoms with van der Waals surface area (Å²) in [4.78, 5) is 20.4. The van der Waals surface area contributed by atoms with E-state index >= 15 is 0 Å². The van der Waals surface area contributed by atoms with Crippen LogP contribution in [0.3, 0.4) is 0 Å². The Balaban J connectivity index is 3.27. The third kappa shape index (κ3) is 1.39. The van der Waals surface area contributed by atoms with Gasteiger partial charge in [0.1, 0.15) is 5.56 Å². The standard InChI is InChI=1S/C7H5NO4/c9-7(10)5-3-1-2-4-6(5)8(11)12/h1-4H,(H-,9,10,11,12)/p+1. The second-order valence-corrected chi connectivity index (χ2v) is 2.10. The molecule has 0 radical (unpaired) electrons. The molecule has 0 aromatic heterocycles. The van der Waals surface area contributed by atoms with Gasteiger partial charge in [-0.2, -0.15) is 0 Å². The zero-order valence-corrected chi connectivity index (χ0v) is 5.97. The minimum atomic E-state index is -1.25. The molecule has 5 heteroatoms. The molecule has 0 aliphatic heterocycles. The Kier molecular flexibility index (Phi) is 2.05. The van der Waals surface area contributed by atoms with Crippen molar-refractivity contribution in [2.24, 2.45) is 0 Å². The summed E-state index contributed by atoms with van der Waals surface area (Å²) in [5, 5.41) is 17.0. The molecule has 0 bridgehead atoms. The largest absolute Gasteiger partial charge is 0.477 e. The maximum Gasteiger partial charge on any atom is 0.342 e. The van der Waals surface area contributed by atoms with E-state index in [0.29, 0.717) is 0 Å². The highest BCUT2D eigenvalue weighted by atomic mass is 16.6. The van der Waals surface area contributed by atoms with Crippen molar-refractivity contribution >= 4 is 11.7 Å². The average molecular weight is 168 g/mol. The number of nitrogens with zero attached hydrogens (tertiary/aromatic N) is 1. The topological polar surface area (TPSA) is 77.6 Å². The lowest BCUT2D eigenvalue weighted by atomic mass is 10.2. The molecule has 0 atom stereocenters. The lowest BCUT2D eigenvalue weighted by Gasteiger charge is -1.90. The Morgan fingerprint density at radius 2 is 1.92 bits per heavy atom. The summed E-state index contributed by atoms with van der Waals surface area (Å²) in [5.41, 5.74) is -0.500. The van der Waals surface area contributed by atoms with Gasteiger partial charge in [-0.3, -0.25) is 0 Å². The quantitative estimate of drug-likeness (QED) is 0.650. The molecule has 1 aromatic carbocycles. The Hall–Kier alpha value is -1.91. The number of aromatic carboxylic acids is 1. The summed E-state index contributed by atoms with van der Waals surface area (Å²) < 4.78 is 0. The van der Waals surface area contributed by atoms with Gasteiger partial charge in [0.2, 0.25) is 0 Å². The highest BCUT2D eigenvalue weighted by Crippen LogP contribution is 2.16. The zero-order chi connectivity index (χ0) is 9.14. The molecule has 0 heterocycles. The van der Waals surface area contributed by atoms with E-state index in [0.717, 1.165) is 0 Å². The fraction of sp³-hybridized carbons (Fsp3) is 0. The molecule has 0 aliphatic carbocycles. The van der Waals surface area contributed by atoms with Crippen LogP contribution < -0.4 is 0 Å². The highest BCUT2D eigenvalue weighted by Gasteiger charge is 2.21. The minimum absolute atomic E-state index is 0.227. The number of carboxylic acid groups (broad SMARTS) is 1.